The van der Waals surface area contributed by atoms with E-state index in [4.69, 9.17) is 10.2 Å². The van der Waals surface area contributed by atoms with Gasteiger partial charge in [-0.3, -0.25) is 10.1 Å². The number of anilines is 1. The fraction of sp³-hybridized carbons (Fsp3) is 0.500. The third-order valence-corrected chi connectivity index (χ3v) is 3.94. The van der Waals surface area contributed by atoms with Crippen LogP contribution in [-0.2, 0) is 0 Å². The van der Waals surface area contributed by atoms with Crippen molar-refractivity contribution in [3.63, 3.8) is 0 Å². The van der Waals surface area contributed by atoms with Crippen LogP contribution in [0, 0.1) is 10.1 Å². The lowest BCUT2D eigenvalue weighted by Gasteiger charge is -2.34. The molecular formula is C14H18N4O3. The highest BCUT2D eigenvalue weighted by Crippen LogP contribution is 2.30. The van der Waals surface area contributed by atoms with E-state index in [1.165, 1.54) is 18.6 Å². The summed E-state index contributed by atoms with van der Waals surface area (Å²) in [6.45, 7) is 1.52. The van der Waals surface area contributed by atoms with Gasteiger partial charge in [0.1, 0.15) is 5.52 Å². The largest absolute Gasteiger partial charge is 0.423 e. The standard InChI is InChI=1S/C14H18N4O3/c15-7-6-10-3-1-2-8-17(10)14-16-12-9-11(18(19)20)4-5-13(12)21-14/h4-5,9-10H,1-3,6-8,15H2. The van der Waals surface area contributed by atoms with Crippen molar-refractivity contribution in [2.24, 2.45) is 5.73 Å². The molecule has 1 aliphatic rings. The Bertz CT molecular complexity index is 653. The number of oxazole rings is 1. The van der Waals surface area contributed by atoms with E-state index in [2.05, 4.69) is 9.88 Å². The molecule has 2 aromatic rings. The highest BCUT2D eigenvalue weighted by molar-refractivity contribution is 5.77. The van der Waals surface area contributed by atoms with Crippen molar-refractivity contribution in [1.82, 2.24) is 4.98 Å². The Morgan fingerprint density at radius 3 is 3.10 bits per heavy atom. The van der Waals surface area contributed by atoms with Crippen LogP contribution in [0.15, 0.2) is 22.6 Å². The van der Waals surface area contributed by atoms with Crippen LogP contribution >= 0.6 is 0 Å². The zero-order chi connectivity index (χ0) is 14.8. The summed E-state index contributed by atoms with van der Waals surface area (Å²) >= 11 is 0. The highest BCUT2D eigenvalue weighted by atomic mass is 16.6. The lowest BCUT2D eigenvalue weighted by molar-refractivity contribution is -0.384. The van der Waals surface area contributed by atoms with Crippen molar-refractivity contribution in [1.29, 1.82) is 0 Å². The number of nitro groups is 1. The summed E-state index contributed by atoms with van der Waals surface area (Å²) in [5.74, 6) is 0. The number of nitro benzene ring substituents is 1. The molecule has 1 aromatic heterocycles. The van der Waals surface area contributed by atoms with Crippen LogP contribution in [0.3, 0.4) is 0 Å². The number of nitrogens with zero attached hydrogens (tertiary/aromatic N) is 3. The number of non-ortho nitro benzene ring substituents is 1. The monoisotopic (exact) mass is 290 g/mol. The first-order valence-corrected chi connectivity index (χ1v) is 7.21. The fourth-order valence-electron chi connectivity index (χ4n) is 2.88. The van der Waals surface area contributed by atoms with E-state index in [0.29, 0.717) is 29.7 Å². The van der Waals surface area contributed by atoms with Crippen LogP contribution in [0.5, 0.6) is 0 Å². The second kappa shape index (κ2) is 5.69. The van der Waals surface area contributed by atoms with Crippen molar-refractivity contribution in [3.8, 4) is 0 Å². The normalized spacial score (nSPS) is 19.1. The van der Waals surface area contributed by atoms with Gasteiger partial charge in [0.15, 0.2) is 5.58 Å². The molecule has 1 unspecified atom stereocenters. The lowest BCUT2D eigenvalue weighted by Crippen LogP contribution is -2.41. The molecule has 0 bridgehead atoms. The lowest BCUT2D eigenvalue weighted by atomic mass is 10.00. The van der Waals surface area contributed by atoms with E-state index in [1.54, 1.807) is 6.07 Å². The fourth-order valence-corrected chi connectivity index (χ4v) is 2.88. The topological polar surface area (TPSA) is 98.4 Å². The minimum absolute atomic E-state index is 0.0273. The van der Waals surface area contributed by atoms with E-state index in [9.17, 15) is 10.1 Å². The molecule has 0 aliphatic carbocycles. The summed E-state index contributed by atoms with van der Waals surface area (Å²) in [4.78, 5) is 17.0. The van der Waals surface area contributed by atoms with Gasteiger partial charge in [0.25, 0.3) is 11.7 Å². The average Bonchev–Trinajstić information content (AvgIpc) is 2.90. The zero-order valence-electron chi connectivity index (χ0n) is 11.7. The van der Waals surface area contributed by atoms with Crippen molar-refractivity contribution in [2.75, 3.05) is 18.0 Å². The zero-order valence-corrected chi connectivity index (χ0v) is 11.7. The van der Waals surface area contributed by atoms with E-state index in [-0.39, 0.29) is 5.69 Å². The van der Waals surface area contributed by atoms with Crippen LogP contribution in [0.2, 0.25) is 0 Å². The molecule has 3 rings (SSSR count). The summed E-state index contributed by atoms with van der Waals surface area (Å²) in [6, 6.07) is 5.37. The molecule has 1 saturated heterocycles. The number of fused-ring (bicyclic) bond motifs is 1. The van der Waals surface area contributed by atoms with Crippen molar-refractivity contribution >= 4 is 22.8 Å². The van der Waals surface area contributed by atoms with E-state index in [0.717, 1.165) is 25.8 Å². The molecule has 21 heavy (non-hydrogen) atoms. The molecule has 7 heteroatoms. The molecule has 0 saturated carbocycles. The molecule has 2 N–H and O–H groups in total. The Hall–Kier alpha value is -2.15. The summed E-state index contributed by atoms with van der Waals surface area (Å²) < 4.78 is 5.77. The van der Waals surface area contributed by atoms with Crippen molar-refractivity contribution < 1.29 is 9.34 Å². The Kier molecular flexibility index (Phi) is 3.74. The Morgan fingerprint density at radius 2 is 2.33 bits per heavy atom. The van der Waals surface area contributed by atoms with Gasteiger partial charge >= 0.3 is 0 Å². The number of hydrogen-bond donors (Lipinski definition) is 1. The van der Waals surface area contributed by atoms with E-state index < -0.39 is 4.92 Å². The molecule has 1 aromatic carbocycles. The maximum Gasteiger partial charge on any atom is 0.298 e. The second-order valence-corrected chi connectivity index (χ2v) is 5.33. The minimum atomic E-state index is -0.425. The molecule has 0 spiro atoms. The van der Waals surface area contributed by atoms with Crippen LogP contribution < -0.4 is 10.6 Å². The molecule has 2 heterocycles. The summed E-state index contributed by atoms with van der Waals surface area (Å²) in [5, 5.41) is 10.8. The van der Waals surface area contributed by atoms with Crippen LogP contribution in [0.25, 0.3) is 11.1 Å². The number of benzene rings is 1. The molecule has 1 fully saturated rings. The van der Waals surface area contributed by atoms with Gasteiger partial charge in [0.2, 0.25) is 0 Å². The Morgan fingerprint density at radius 1 is 1.48 bits per heavy atom. The number of nitrogens with two attached hydrogens (primary N) is 1. The first-order chi connectivity index (χ1) is 10.2. The number of piperidine rings is 1. The molecular weight excluding hydrogens is 272 g/mol. The smallest absolute Gasteiger partial charge is 0.298 e. The van der Waals surface area contributed by atoms with Crippen LogP contribution in [0.4, 0.5) is 11.7 Å². The Balaban J connectivity index is 1.93. The van der Waals surface area contributed by atoms with Gasteiger partial charge in [-0.15, -0.1) is 0 Å². The molecule has 7 nitrogen and oxygen atoms in total. The number of rotatable bonds is 4. The Labute approximate surface area is 121 Å². The van der Waals surface area contributed by atoms with E-state index in [1.807, 2.05) is 0 Å². The van der Waals surface area contributed by atoms with Gasteiger partial charge in [-0.1, -0.05) is 0 Å². The number of hydrogen-bond acceptors (Lipinski definition) is 6. The van der Waals surface area contributed by atoms with Gasteiger partial charge in [0.05, 0.1) is 4.92 Å². The second-order valence-electron chi connectivity index (χ2n) is 5.33. The molecule has 1 atom stereocenters. The van der Waals surface area contributed by atoms with Crippen molar-refractivity contribution in [3.05, 3.63) is 28.3 Å². The van der Waals surface area contributed by atoms with Gasteiger partial charge in [-0.25, -0.2) is 0 Å². The predicted octanol–water partition coefficient (Wildman–Crippen LogP) is 2.44. The summed E-state index contributed by atoms with van der Waals surface area (Å²) in [6.07, 6.45) is 4.27. The third-order valence-electron chi connectivity index (χ3n) is 3.94. The quantitative estimate of drug-likeness (QED) is 0.686. The maximum absolute atomic E-state index is 10.8. The van der Waals surface area contributed by atoms with Crippen LogP contribution in [0.1, 0.15) is 25.7 Å². The van der Waals surface area contributed by atoms with Gasteiger partial charge in [-0.2, -0.15) is 4.98 Å². The van der Waals surface area contributed by atoms with Crippen LogP contribution in [-0.4, -0.2) is 29.0 Å². The van der Waals surface area contributed by atoms with Crippen molar-refractivity contribution in [2.45, 2.75) is 31.7 Å². The minimum Gasteiger partial charge on any atom is -0.423 e. The number of aromatic nitrogens is 1. The first kappa shape index (κ1) is 13.8. The van der Waals surface area contributed by atoms with Gasteiger partial charge in [-0.05, 0) is 38.3 Å². The van der Waals surface area contributed by atoms with E-state index >= 15 is 0 Å². The third kappa shape index (κ3) is 2.69. The first-order valence-electron chi connectivity index (χ1n) is 7.21. The summed E-state index contributed by atoms with van der Waals surface area (Å²) in [7, 11) is 0. The average molecular weight is 290 g/mol. The molecule has 1 aliphatic heterocycles. The van der Waals surface area contributed by atoms with Gasteiger partial charge in [0, 0.05) is 24.7 Å². The summed E-state index contributed by atoms with van der Waals surface area (Å²) in [5.41, 5.74) is 6.80. The maximum atomic E-state index is 10.8. The SMILES string of the molecule is NCCC1CCCCN1c1nc2cc([N+](=O)[O-])ccc2o1. The molecule has 112 valence electrons. The molecule has 0 amide bonds. The van der Waals surface area contributed by atoms with Gasteiger partial charge < -0.3 is 15.1 Å². The molecule has 0 radical (unpaired) electrons. The highest BCUT2D eigenvalue weighted by Gasteiger charge is 2.26. The predicted molar refractivity (Wildman–Crippen MR) is 79.3 cm³/mol.